The van der Waals surface area contributed by atoms with Crippen molar-refractivity contribution in [3.05, 3.63) is 22.8 Å². The molecular formula is C11H15BrN2O2S. The molecule has 17 heavy (non-hydrogen) atoms. The van der Waals surface area contributed by atoms with Gasteiger partial charge in [-0.15, -0.1) is 0 Å². The number of aromatic nitrogens is 1. The van der Waals surface area contributed by atoms with Crippen molar-refractivity contribution in [2.75, 3.05) is 11.4 Å². The lowest BCUT2D eigenvalue weighted by molar-refractivity contribution is 0.577. The molecular weight excluding hydrogens is 304 g/mol. The zero-order valence-electron chi connectivity index (χ0n) is 9.63. The fraction of sp³-hybridized carbons (Fsp3) is 0.545. The van der Waals surface area contributed by atoms with Crippen LogP contribution in [0.1, 0.15) is 25.7 Å². The Kier molecular flexibility index (Phi) is 3.73. The Morgan fingerprint density at radius 3 is 2.65 bits per heavy atom. The summed E-state index contributed by atoms with van der Waals surface area (Å²) in [5.74, 6) is 0.464. The number of rotatable bonds is 3. The second-order valence-corrected chi connectivity index (χ2v) is 7.41. The second-order valence-electron chi connectivity index (χ2n) is 4.25. The van der Waals surface area contributed by atoms with Crippen molar-refractivity contribution in [1.82, 2.24) is 4.98 Å². The molecule has 0 aromatic carbocycles. The molecule has 94 valence electrons. The largest absolute Gasteiger partial charge is 0.257 e. The summed E-state index contributed by atoms with van der Waals surface area (Å²) in [7, 11) is -1.69. The third-order valence-electron chi connectivity index (χ3n) is 3.14. The van der Waals surface area contributed by atoms with E-state index in [0.717, 1.165) is 30.2 Å². The molecule has 1 aromatic rings. The molecule has 0 atom stereocenters. The van der Waals surface area contributed by atoms with E-state index < -0.39 is 10.0 Å². The second kappa shape index (κ2) is 4.94. The Labute approximate surface area is 110 Å². The van der Waals surface area contributed by atoms with E-state index in [4.69, 9.17) is 0 Å². The van der Waals surface area contributed by atoms with Crippen LogP contribution in [0.5, 0.6) is 0 Å². The topological polar surface area (TPSA) is 50.3 Å². The first-order valence-electron chi connectivity index (χ1n) is 5.61. The third-order valence-corrected chi connectivity index (χ3v) is 5.89. The summed E-state index contributed by atoms with van der Waals surface area (Å²) >= 11 is 3.32. The van der Waals surface area contributed by atoms with E-state index in [1.807, 2.05) is 0 Å². The van der Waals surface area contributed by atoms with Crippen LogP contribution in [0.15, 0.2) is 22.8 Å². The van der Waals surface area contributed by atoms with Crippen molar-refractivity contribution in [2.45, 2.75) is 30.9 Å². The van der Waals surface area contributed by atoms with Crippen LogP contribution in [0.4, 0.5) is 5.82 Å². The normalized spacial score (nSPS) is 17.3. The van der Waals surface area contributed by atoms with Crippen molar-refractivity contribution in [1.29, 1.82) is 0 Å². The summed E-state index contributed by atoms with van der Waals surface area (Å²) in [4.78, 5) is 4.09. The molecule has 1 fully saturated rings. The quantitative estimate of drug-likeness (QED) is 0.860. The van der Waals surface area contributed by atoms with Gasteiger partial charge in [-0.2, -0.15) is 0 Å². The maximum atomic E-state index is 12.3. The predicted octanol–water partition coefficient (Wildman–Crippen LogP) is 2.55. The number of hydrogen-bond acceptors (Lipinski definition) is 3. The molecule has 1 saturated carbocycles. The van der Waals surface area contributed by atoms with E-state index in [9.17, 15) is 8.42 Å². The minimum Gasteiger partial charge on any atom is -0.257 e. The summed E-state index contributed by atoms with van der Waals surface area (Å²) in [5, 5.41) is -0.242. The Bertz CT molecular complexity index is 498. The number of sulfonamides is 1. The predicted molar refractivity (Wildman–Crippen MR) is 71.5 cm³/mol. The van der Waals surface area contributed by atoms with Gasteiger partial charge < -0.3 is 0 Å². The zero-order valence-corrected chi connectivity index (χ0v) is 12.0. The molecule has 0 saturated heterocycles. The van der Waals surface area contributed by atoms with Gasteiger partial charge in [0.15, 0.2) is 0 Å². The van der Waals surface area contributed by atoms with E-state index in [-0.39, 0.29) is 5.25 Å². The highest BCUT2D eigenvalue weighted by molar-refractivity contribution is 9.10. The van der Waals surface area contributed by atoms with Gasteiger partial charge in [-0.05, 0) is 25.0 Å². The molecule has 2 rings (SSSR count). The maximum absolute atomic E-state index is 12.3. The molecule has 4 nitrogen and oxygen atoms in total. The molecule has 1 aliphatic carbocycles. The Morgan fingerprint density at radius 2 is 2.06 bits per heavy atom. The van der Waals surface area contributed by atoms with Crippen LogP contribution < -0.4 is 4.31 Å². The molecule has 6 heteroatoms. The lowest BCUT2D eigenvalue weighted by atomic mass is 10.4. The Balaban J connectivity index is 2.27. The Morgan fingerprint density at radius 1 is 1.41 bits per heavy atom. The fourth-order valence-corrected chi connectivity index (χ4v) is 4.17. The van der Waals surface area contributed by atoms with E-state index in [2.05, 4.69) is 20.9 Å². The summed E-state index contributed by atoms with van der Waals surface area (Å²) in [6.07, 6.45) is 5.13. The van der Waals surface area contributed by atoms with E-state index in [1.54, 1.807) is 25.4 Å². The third kappa shape index (κ3) is 2.63. The zero-order chi connectivity index (χ0) is 12.5. The molecule has 1 aromatic heterocycles. The number of halogens is 1. The highest BCUT2D eigenvalue weighted by atomic mass is 79.9. The molecule has 0 unspecified atom stereocenters. The highest BCUT2D eigenvalue weighted by Gasteiger charge is 2.32. The lowest BCUT2D eigenvalue weighted by Crippen LogP contribution is -2.35. The minimum atomic E-state index is -3.26. The number of hydrogen-bond donors (Lipinski definition) is 0. The van der Waals surface area contributed by atoms with Crippen LogP contribution in [0, 0.1) is 0 Å². The van der Waals surface area contributed by atoms with Gasteiger partial charge in [0.25, 0.3) is 0 Å². The van der Waals surface area contributed by atoms with Crippen LogP contribution in [-0.2, 0) is 10.0 Å². The van der Waals surface area contributed by atoms with Crippen molar-refractivity contribution in [3.8, 4) is 0 Å². The van der Waals surface area contributed by atoms with Gasteiger partial charge in [0.1, 0.15) is 5.82 Å². The van der Waals surface area contributed by atoms with Gasteiger partial charge >= 0.3 is 0 Å². The van der Waals surface area contributed by atoms with Crippen LogP contribution >= 0.6 is 15.9 Å². The monoisotopic (exact) mass is 318 g/mol. The van der Waals surface area contributed by atoms with Crippen molar-refractivity contribution < 1.29 is 8.42 Å². The first-order chi connectivity index (χ1) is 8.01. The van der Waals surface area contributed by atoms with Gasteiger partial charge in [0.2, 0.25) is 10.0 Å². The van der Waals surface area contributed by atoms with E-state index in [1.165, 1.54) is 4.31 Å². The molecule has 0 spiro atoms. The van der Waals surface area contributed by atoms with Crippen molar-refractivity contribution >= 4 is 31.8 Å². The molecule has 0 aliphatic heterocycles. The van der Waals surface area contributed by atoms with Gasteiger partial charge in [-0.3, -0.25) is 4.31 Å². The lowest BCUT2D eigenvalue weighted by Gasteiger charge is -2.22. The number of nitrogens with zero attached hydrogens (tertiary/aromatic N) is 2. The number of pyridine rings is 1. The molecule has 1 aliphatic rings. The molecule has 1 heterocycles. The van der Waals surface area contributed by atoms with Gasteiger partial charge in [-0.25, -0.2) is 13.4 Å². The highest BCUT2D eigenvalue weighted by Crippen LogP contribution is 2.29. The Hall–Kier alpha value is -0.620. The molecule has 0 bridgehead atoms. The first-order valence-corrected chi connectivity index (χ1v) is 7.91. The van der Waals surface area contributed by atoms with Gasteiger partial charge in [0, 0.05) is 17.7 Å². The summed E-state index contributed by atoms with van der Waals surface area (Å²) in [5.41, 5.74) is 0. The van der Waals surface area contributed by atoms with Crippen LogP contribution in [0.3, 0.4) is 0 Å². The smallest absolute Gasteiger partial charge is 0.238 e. The molecule has 0 radical (unpaired) electrons. The van der Waals surface area contributed by atoms with Crippen LogP contribution in [0.2, 0.25) is 0 Å². The standard InChI is InChI=1S/C11H15BrN2O2S/c1-14(11-8-9(12)6-7-13-11)17(15,16)10-4-2-3-5-10/h6-8,10H,2-5H2,1H3. The van der Waals surface area contributed by atoms with Gasteiger partial charge in [-0.1, -0.05) is 28.8 Å². The maximum Gasteiger partial charge on any atom is 0.238 e. The number of anilines is 1. The summed E-state index contributed by atoms with van der Waals surface area (Å²) in [6.45, 7) is 0. The summed E-state index contributed by atoms with van der Waals surface area (Å²) in [6, 6.07) is 3.49. The average Bonchev–Trinajstić information content (AvgIpc) is 2.82. The van der Waals surface area contributed by atoms with Crippen molar-refractivity contribution in [3.63, 3.8) is 0 Å². The van der Waals surface area contributed by atoms with Crippen LogP contribution in [0.25, 0.3) is 0 Å². The van der Waals surface area contributed by atoms with E-state index >= 15 is 0 Å². The van der Waals surface area contributed by atoms with Crippen molar-refractivity contribution in [2.24, 2.45) is 0 Å². The summed E-state index contributed by atoms with van der Waals surface area (Å²) < 4.78 is 26.8. The van der Waals surface area contributed by atoms with Crippen LogP contribution in [-0.4, -0.2) is 25.7 Å². The fourth-order valence-electron chi connectivity index (χ4n) is 2.11. The minimum absolute atomic E-state index is 0.242. The SMILES string of the molecule is CN(c1cc(Br)ccn1)S(=O)(=O)C1CCCC1. The van der Waals surface area contributed by atoms with Gasteiger partial charge in [0.05, 0.1) is 5.25 Å². The molecule has 0 amide bonds. The average molecular weight is 319 g/mol. The molecule has 0 N–H and O–H groups in total. The first kappa shape index (κ1) is 12.8. The van der Waals surface area contributed by atoms with E-state index in [0.29, 0.717) is 5.82 Å².